The van der Waals surface area contributed by atoms with Crippen LogP contribution in [0.15, 0.2) is 48.5 Å². The largest absolute Gasteiger partial charge is 0.478 e. The molecule has 2 aromatic carbocycles. The van der Waals surface area contributed by atoms with Crippen molar-refractivity contribution in [1.29, 1.82) is 0 Å². The van der Waals surface area contributed by atoms with Gasteiger partial charge in [0, 0.05) is 6.08 Å². The Morgan fingerprint density at radius 1 is 1.00 bits per heavy atom. The molecule has 0 fully saturated rings. The smallest absolute Gasteiger partial charge is 0.328 e. The number of carboxylic acid groups (broad SMARTS) is 1. The van der Waals surface area contributed by atoms with Gasteiger partial charge >= 0.3 is 5.97 Å². The molecule has 0 unspecified atom stereocenters. The van der Waals surface area contributed by atoms with Crippen LogP contribution in [0.1, 0.15) is 34.7 Å². The van der Waals surface area contributed by atoms with Crippen LogP contribution in [0.3, 0.4) is 0 Å². The van der Waals surface area contributed by atoms with Gasteiger partial charge in [-0.3, -0.25) is 0 Å². The molecule has 0 saturated heterocycles. The summed E-state index contributed by atoms with van der Waals surface area (Å²) < 4.78 is 0. The average Bonchev–Trinajstić information content (AvgIpc) is 2.48. The summed E-state index contributed by atoms with van der Waals surface area (Å²) in [7, 11) is 0. The van der Waals surface area contributed by atoms with E-state index in [2.05, 4.69) is 13.8 Å². The molecule has 0 heterocycles. The van der Waals surface area contributed by atoms with Gasteiger partial charge in [-0.05, 0) is 53.7 Å². The lowest BCUT2D eigenvalue weighted by atomic mass is 9.94. The van der Waals surface area contributed by atoms with Gasteiger partial charge in [-0.15, -0.1) is 0 Å². The molecule has 2 nitrogen and oxygen atoms in total. The van der Waals surface area contributed by atoms with Gasteiger partial charge in [0.2, 0.25) is 0 Å². The first-order valence-corrected chi connectivity index (χ1v) is 7.13. The Balaban J connectivity index is 2.52. The van der Waals surface area contributed by atoms with Crippen LogP contribution in [0, 0.1) is 13.8 Å². The third-order valence-electron chi connectivity index (χ3n) is 3.76. The lowest BCUT2D eigenvalue weighted by molar-refractivity contribution is -0.131. The maximum Gasteiger partial charge on any atom is 0.328 e. The second-order valence-electron chi connectivity index (χ2n) is 5.25. The first-order valence-electron chi connectivity index (χ1n) is 7.13. The fourth-order valence-electron chi connectivity index (χ4n) is 2.29. The molecule has 21 heavy (non-hydrogen) atoms. The zero-order chi connectivity index (χ0) is 15.4. The van der Waals surface area contributed by atoms with Crippen molar-refractivity contribution in [2.24, 2.45) is 0 Å². The monoisotopic (exact) mass is 280 g/mol. The van der Waals surface area contributed by atoms with E-state index in [4.69, 9.17) is 5.11 Å². The van der Waals surface area contributed by atoms with E-state index in [0.29, 0.717) is 0 Å². The fraction of sp³-hybridized carbons (Fsp3) is 0.211. The van der Waals surface area contributed by atoms with Gasteiger partial charge in [0.05, 0.1) is 0 Å². The van der Waals surface area contributed by atoms with Gasteiger partial charge in [-0.2, -0.15) is 0 Å². The third kappa shape index (κ3) is 3.60. The van der Waals surface area contributed by atoms with Gasteiger partial charge in [0.1, 0.15) is 0 Å². The second kappa shape index (κ2) is 6.40. The molecular formula is C19H20O2. The zero-order valence-corrected chi connectivity index (χ0v) is 12.7. The number of carbonyl (C=O) groups is 1. The lowest BCUT2D eigenvalue weighted by Gasteiger charge is -2.11. The normalized spacial score (nSPS) is 11.5. The molecule has 108 valence electrons. The molecule has 0 amide bonds. The summed E-state index contributed by atoms with van der Waals surface area (Å²) in [5.74, 6) is -0.928. The number of aryl methyl sites for hydroxylation is 3. The topological polar surface area (TPSA) is 37.3 Å². The van der Waals surface area contributed by atoms with Crippen LogP contribution in [0.4, 0.5) is 0 Å². The van der Waals surface area contributed by atoms with Crippen molar-refractivity contribution < 1.29 is 9.90 Å². The van der Waals surface area contributed by atoms with Crippen LogP contribution in [0.2, 0.25) is 0 Å². The summed E-state index contributed by atoms with van der Waals surface area (Å²) in [5, 5.41) is 9.15. The summed E-state index contributed by atoms with van der Waals surface area (Å²) in [5.41, 5.74) is 6.22. The van der Waals surface area contributed by atoms with E-state index in [1.807, 2.05) is 49.4 Å². The number of rotatable bonds is 4. The minimum Gasteiger partial charge on any atom is -0.478 e. The quantitative estimate of drug-likeness (QED) is 0.844. The van der Waals surface area contributed by atoms with Crippen LogP contribution in [-0.4, -0.2) is 11.1 Å². The summed E-state index contributed by atoms with van der Waals surface area (Å²) in [6.07, 6.45) is 2.26. The molecule has 0 saturated carbocycles. The maximum absolute atomic E-state index is 11.2. The Kier molecular flexibility index (Phi) is 4.59. The summed E-state index contributed by atoms with van der Waals surface area (Å²) in [6, 6.07) is 14.1. The van der Waals surface area contributed by atoms with Crippen molar-refractivity contribution in [2.75, 3.05) is 0 Å². The lowest BCUT2D eigenvalue weighted by Crippen LogP contribution is -1.96. The highest BCUT2D eigenvalue weighted by Crippen LogP contribution is 2.25. The van der Waals surface area contributed by atoms with Crippen molar-refractivity contribution >= 4 is 11.5 Å². The average molecular weight is 280 g/mol. The summed E-state index contributed by atoms with van der Waals surface area (Å²) >= 11 is 0. The molecule has 0 radical (unpaired) electrons. The molecule has 2 rings (SSSR count). The van der Waals surface area contributed by atoms with Crippen LogP contribution < -0.4 is 0 Å². The van der Waals surface area contributed by atoms with E-state index in [0.717, 1.165) is 28.7 Å². The van der Waals surface area contributed by atoms with E-state index >= 15 is 0 Å². The first kappa shape index (κ1) is 15.0. The van der Waals surface area contributed by atoms with E-state index in [1.165, 1.54) is 17.2 Å². The molecular weight excluding hydrogens is 260 g/mol. The van der Waals surface area contributed by atoms with E-state index in [1.54, 1.807) is 0 Å². The molecule has 0 atom stereocenters. The highest BCUT2D eigenvalue weighted by Gasteiger charge is 2.08. The number of hydrogen-bond acceptors (Lipinski definition) is 1. The third-order valence-corrected chi connectivity index (χ3v) is 3.76. The van der Waals surface area contributed by atoms with Crippen molar-refractivity contribution in [1.82, 2.24) is 0 Å². The van der Waals surface area contributed by atoms with Crippen molar-refractivity contribution in [3.63, 3.8) is 0 Å². The Labute approximate surface area is 125 Å². The predicted octanol–water partition coefficient (Wildman–Crippen LogP) is 4.38. The maximum atomic E-state index is 11.2. The van der Waals surface area contributed by atoms with E-state index < -0.39 is 5.97 Å². The molecule has 0 aromatic heterocycles. The molecule has 0 aliphatic rings. The van der Waals surface area contributed by atoms with Crippen LogP contribution in [0.5, 0.6) is 0 Å². The van der Waals surface area contributed by atoms with E-state index in [9.17, 15) is 4.79 Å². The van der Waals surface area contributed by atoms with Crippen LogP contribution in [0.25, 0.3) is 5.57 Å². The van der Waals surface area contributed by atoms with Crippen LogP contribution >= 0.6 is 0 Å². The van der Waals surface area contributed by atoms with Gasteiger partial charge in [-0.25, -0.2) is 4.79 Å². The molecule has 0 aliphatic heterocycles. The summed E-state index contributed by atoms with van der Waals surface area (Å²) in [6.45, 7) is 6.19. The molecule has 0 spiro atoms. The summed E-state index contributed by atoms with van der Waals surface area (Å²) in [4.78, 5) is 11.2. The Bertz CT molecular complexity index is 679. The first-order chi connectivity index (χ1) is 10.0. The predicted molar refractivity (Wildman–Crippen MR) is 86.5 cm³/mol. The number of aliphatic carboxylic acids is 1. The van der Waals surface area contributed by atoms with Gasteiger partial charge in [-0.1, -0.05) is 49.4 Å². The molecule has 1 N–H and O–H groups in total. The Morgan fingerprint density at radius 2 is 1.62 bits per heavy atom. The Morgan fingerprint density at radius 3 is 2.14 bits per heavy atom. The number of hydrogen-bond donors (Lipinski definition) is 1. The second-order valence-corrected chi connectivity index (χ2v) is 5.25. The minimum atomic E-state index is -0.928. The molecule has 0 bridgehead atoms. The molecule has 0 aliphatic carbocycles. The van der Waals surface area contributed by atoms with E-state index in [-0.39, 0.29) is 0 Å². The minimum absolute atomic E-state index is 0.744. The van der Waals surface area contributed by atoms with Crippen molar-refractivity contribution in [3.8, 4) is 0 Å². The van der Waals surface area contributed by atoms with Gasteiger partial charge in [0.25, 0.3) is 0 Å². The highest BCUT2D eigenvalue weighted by atomic mass is 16.4. The number of benzene rings is 2. The highest BCUT2D eigenvalue weighted by molar-refractivity contribution is 5.95. The fourth-order valence-corrected chi connectivity index (χ4v) is 2.29. The zero-order valence-electron chi connectivity index (χ0n) is 12.7. The molecule has 2 aromatic rings. The SMILES string of the molecule is CCc1ccc(/C(=C/C(=O)O)c2ccc(C)c(C)c2)cc1. The number of carboxylic acids is 1. The Hall–Kier alpha value is -2.35. The van der Waals surface area contributed by atoms with Crippen molar-refractivity contribution in [2.45, 2.75) is 27.2 Å². The van der Waals surface area contributed by atoms with Gasteiger partial charge in [0.15, 0.2) is 0 Å². The standard InChI is InChI=1S/C19H20O2/c1-4-15-6-9-16(10-7-15)18(12-19(20)21)17-8-5-13(2)14(3)11-17/h5-12H,4H2,1-3H3,(H,20,21)/b18-12-. The van der Waals surface area contributed by atoms with Crippen molar-refractivity contribution in [3.05, 3.63) is 76.4 Å². The molecule has 2 heteroatoms. The van der Waals surface area contributed by atoms with Crippen LogP contribution in [-0.2, 0) is 11.2 Å². The van der Waals surface area contributed by atoms with Gasteiger partial charge < -0.3 is 5.11 Å².